The molecule has 0 unspecified atom stereocenters. The van der Waals surface area contributed by atoms with Crippen molar-refractivity contribution in [2.24, 2.45) is 17.3 Å². The van der Waals surface area contributed by atoms with E-state index in [1.807, 2.05) is 18.2 Å². The van der Waals surface area contributed by atoms with Crippen LogP contribution < -0.4 is 0 Å². The molecule has 1 heterocycles. The van der Waals surface area contributed by atoms with Gasteiger partial charge in [-0.15, -0.1) is 0 Å². The molecular formula is C23H28BrNO2. The molecule has 3 nitrogen and oxygen atoms in total. The van der Waals surface area contributed by atoms with E-state index in [-0.39, 0.29) is 22.4 Å². The van der Waals surface area contributed by atoms with Crippen molar-refractivity contribution >= 4 is 27.9 Å². The van der Waals surface area contributed by atoms with Crippen molar-refractivity contribution in [1.82, 2.24) is 4.90 Å². The van der Waals surface area contributed by atoms with Crippen LogP contribution >= 0.6 is 15.9 Å². The zero-order chi connectivity index (χ0) is 19.4. The van der Waals surface area contributed by atoms with Gasteiger partial charge in [0.1, 0.15) is 0 Å². The highest BCUT2D eigenvalue weighted by atomic mass is 79.9. The third kappa shape index (κ3) is 3.11. The highest BCUT2D eigenvalue weighted by Gasteiger charge is 2.65. The van der Waals surface area contributed by atoms with Gasteiger partial charge in [-0.05, 0) is 42.6 Å². The molecular weight excluding hydrogens is 402 g/mol. The van der Waals surface area contributed by atoms with Gasteiger partial charge in [0, 0.05) is 11.0 Å². The van der Waals surface area contributed by atoms with E-state index < -0.39 is 6.10 Å². The second-order valence-electron chi connectivity index (χ2n) is 8.98. The fourth-order valence-corrected chi connectivity index (χ4v) is 5.68. The summed E-state index contributed by atoms with van der Waals surface area (Å²) in [4.78, 5) is 14.6. The summed E-state index contributed by atoms with van der Waals surface area (Å²) in [7, 11) is 0. The molecule has 1 saturated heterocycles. The molecule has 0 N–H and O–H groups in total. The molecule has 6 atom stereocenters. The number of carbonyl (C=O) groups excluding carboxylic acids is 1. The molecule has 0 bridgehead atoms. The monoisotopic (exact) mass is 429 g/mol. The summed E-state index contributed by atoms with van der Waals surface area (Å²) in [5.74, 6) is 1.47. The number of hydrogen-bond donors (Lipinski definition) is 0. The predicted octanol–water partition coefficient (Wildman–Crippen LogP) is 5.03. The normalized spacial score (nSPS) is 39.8. The van der Waals surface area contributed by atoms with Gasteiger partial charge in [0.25, 0.3) is 5.91 Å². The van der Waals surface area contributed by atoms with Crippen LogP contribution in [0.15, 0.2) is 49.2 Å². The Kier molecular flexibility index (Phi) is 4.63. The van der Waals surface area contributed by atoms with E-state index in [1.54, 1.807) is 11.1 Å². The SMILES string of the molecule is C=CN1C(=O)[C@H](O[C@]2(C)C[C@H]3[C@@H](C[C@H]2Br)C3(C)C)[C@@H]1/C=C/c1ccccc1. The fraction of sp³-hybridized carbons (Fsp3) is 0.522. The number of carbonyl (C=O) groups is 1. The number of benzene rings is 1. The predicted molar refractivity (Wildman–Crippen MR) is 112 cm³/mol. The number of ether oxygens (including phenoxy) is 1. The van der Waals surface area contributed by atoms with Crippen LogP contribution in [0.2, 0.25) is 0 Å². The summed E-state index contributed by atoms with van der Waals surface area (Å²) in [6.07, 6.45) is 7.41. The third-order valence-corrected chi connectivity index (χ3v) is 8.39. The van der Waals surface area contributed by atoms with Crippen LogP contribution in [-0.2, 0) is 9.53 Å². The first-order valence-corrected chi connectivity index (χ1v) is 10.7. The highest BCUT2D eigenvalue weighted by molar-refractivity contribution is 9.09. The Morgan fingerprint density at radius 3 is 2.59 bits per heavy atom. The van der Waals surface area contributed by atoms with Crippen molar-refractivity contribution in [1.29, 1.82) is 0 Å². The minimum absolute atomic E-state index is 0.00539. The maximum Gasteiger partial charge on any atom is 0.258 e. The Morgan fingerprint density at radius 2 is 1.93 bits per heavy atom. The molecule has 2 saturated carbocycles. The zero-order valence-electron chi connectivity index (χ0n) is 16.3. The fourth-order valence-electron chi connectivity index (χ4n) is 4.98. The van der Waals surface area contributed by atoms with Gasteiger partial charge in [0.15, 0.2) is 6.10 Å². The van der Waals surface area contributed by atoms with Crippen LogP contribution in [-0.4, -0.2) is 33.4 Å². The van der Waals surface area contributed by atoms with Gasteiger partial charge in [-0.2, -0.15) is 0 Å². The Hall–Kier alpha value is -1.39. The van der Waals surface area contributed by atoms with Gasteiger partial charge >= 0.3 is 0 Å². The van der Waals surface area contributed by atoms with E-state index in [0.29, 0.717) is 11.3 Å². The van der Waals surface area contributed by atoms with Crippen molar-refractivity contribution in [3.05, 3.63) is 54.8 Å². The zero-order valence-corrected chi connectivity index (χ0v) is 17.9. The topological polar surface area (TPSA) is 29.5 Å². The van der Waals surface area contributed by atoms with E-state index in [9.17, 15) is 4.79 Å². The minimum Gasteiger partial charge on any atom is -0.358 e. The smallest absolute Gasteiger partial charge is 0.258 e. The van der Waals surface area contributed by atoms with E-state index in [2.05, 4.69) is 67.6 Å². The van der Waals surface area contributed by atoms with Crippen molar-refractivity contribution < 1.29 is 9.53 Å². The lowest BCUT2D eigenvalue weighted by atomic mass is 9.85. The van der Waals surface area contributed by atoms with Crippen molar-refractivity contribution in [3.8, 4) is 0 Å². The minimum atomic E-state index is -0.438. The van der Waals surface area contributed by atoms with E-state index in [4.69, 9.17) is 4.74 Å². The van der Waals surface area contributed by atoms with Crippen molar-refractivity contribution in [2.75, 3.05) is 0 Å². The molecule has 1 aromatic rings. The third-order valence-electron chi connectivity index (χ3n) is 7.04. The van der Waals surface area contributed by atoms with Gasteiger partial charge in [-0.25, -0.2) is 0 Å². The van der Waals surface area contributed by atoms with Gasteiger partial charge in [0.2, 0.25) is 0 Å². The molecule has 3 aliphatic rings. The molecule has 1 amide bonds. The lowest BCUT2D eigenvalue weighted by Gasteiger charge is -2.49. The summed E-state index contributed by atoms with van der Waals surface area (Å²) in [6, 6.07) is 10.0. The Labute approximate surface area is 170 Å². The van der Waals surface area contributed by atoms with E-state index in [1.165, 1.54) is 0 Å². The largest absolute Gasteiger partial charge is 0.358 e. The molecule has 2 aliphatic carbocycles. The number of halogens is 1. The number of likely N-dealkylation sites (tertiary alicyclic amines) is 1. The van der Waals surface area contributed by atoms with Gasteiger partial charge in [-0.3, -0.25) is 4.79 Å². The average Bonchev–Trinajstić information content (AvgIpc) is 3.16. The molecule has 0 spiro atoms. The van der Waals surface area contributed by atoms with Crippen molar-refractivity contribution in [2.45, 2.75) is 56.2 Å². The van der Waals surface area contributed by atoms with Gasteiger partial charge in [0.05, 0.1) is 11.6 Å². The molecule has 1 aromatic carbocycles. The number of β-lactam (4-membered cyclic amide) rings is 1. The van der Waals surface area contributed by atoms with Gasteiger partial charge in [-0.1, -0.05) is 78.8 Å². The maximum absolute atomic E-state index is 12.6. The van der Waals surface area contributed by atoms with Crippen molar-refractivity contribution in [3.63, 3.8) is 0 Å². The number of amides is 1. The summed E-state index contributed by atoms with van der Waals surface area (Å²) in [5.41, 5.74) is 1.20. The number of hydrogen-bond acceptors (Lipinski definition) is 2. The Balaban J connectivity index is 1.50. The number of alkyl halides is 1. The first-order valence-electron chi connectivity index (χ1n) is 9.78. The summed E-state index contributed by atoms with van der Waals surface area (Å²) < 4.78 is 6.53. The standard InChI is InChI=1S/C23H28BrNO2/c1-5-25-18(12-11-15-9-7-6-8-10-15)20(21(25)26)27-23(4)14-17-16(13-19(23)24)22(17,2)3/h5-12,16-20H,1,13-14H2,2-4H3/b12-11+/t16-,17+,18+,19-,20-,23-/m1/s1. The quantitative estimate of drug-likeness (QED) is 0.485. The molecule has 144 valence electrons. The number of fused-ring (bicyclic) bond motifs is 1. The van der Waals surface area contributed by atoms with Crippen LogP contribution in [0.4, 0.5) is 0 Å². The van der Waals surface area contributed by atoms with Crippen LogP contribution in [0.1, 0.15) is 39.2 Å². The number of nitrogens with zero attached hydrogens (tertiary/aromatic N) is 1. The molecule has 27 heavy (non-hydrogen) atoms. The summed E-state index contributed by atoms with van der Waals surface area (Å²) >= 11 is 3.87. The Bertz CT molecular complexity index is 774. The molecule has 0 radical (unpaired) electrons. The van der Waals surface area contributed by atoms with Gasteiger partial charge < -0.3 is 9.64 Å². The maximum atomic E-state index is 12.6. The summed E-state index contributed by atoms with van der Waals surface area (Å²) in [6.45, 7) is 10.7. The highest BCUT2D eigenvalue weighted by Crippen LogP contribution is 2.68. The summed E-state index contributed by atoms with van der Waals surface area (Å²) in [5, 5.41) is 0. The molecule has 3 fully saturated rings. The lowest BCUT2D eigenvalue weighted by molar-refractivity contribution is -0.186. The first-order chi connectivity index (χ1) is 12.8. The second kappa shape index (κ2) is 6.59. The van der Waals surface area contributed by atoms with E-state index in [0.717, 1.165) is 24.3 Å². The molecule has 4 heteroatoms. The van der Waals surface area contributed by atoms with Crippen LogP contribution in [0.5, 0.6) is 0 Å². The molecule has 1 aliphatic heterocycles. The lowest BCUT2D eigenvalue weighted by Crippen LogP contribution is -2.65. The first kappa shape index (κ1) is 18.9. The Morgan fingerprint density at radius 1 is 1.22 bits per heavy atom. The number of rotatable bonds is 5. The van der Waals surface area contributed by atoms with Crippen LogP contribution in [0.3, 0.4) is 0 Å². The second-order valence-corrected chi connectivity index (χ2v) is 10.1. The van der Waals surface area contributed by atoms with Crippen LogP contribution in [0.25, 0.3) is 6.08 Å². The molecule has 0 aromatic heterocycles. The average molecular weight is 430 g/mol. The molecule has 4 rings (SSSR count). The van der Waals surface area contributed by atoms with Crippen LogP contribution in [0, 0.1) is 17.3 Å². The van der Waals surface area contributed by atoms with E-state index >= 15 is 0 Å².